The third kappa shape index (κ3) is 3.08. The lowest BCUT2D eigenvalue weighted by Gasteiger charge is -2.17. The van der Waals surface area contributed by atoms with Crippen molar-refractivity contribution in [1.29, 1.82) is 0 Å². The zero-order valence-corrected chi connectivity index (χ0v) is 11.8. The van der Waals surface area contributed by atoms with Crippen LogP contribution in [0.2, 0.25) is 5.02 Å². The van der Waals surface area contributed by atoms with Gasteiger partial charge in [-0.25, -0.2) is 8.78 Å². The van der Waals surface area contributed by atoms with Crippen molar-refractivity contribution >= 4 is 11.6 Å². The van der Waals surface area contributed by atoms with Crippen LogP contribution < -0.4 is 10.1 Å². The third-order valence-corrected chi connectivity index (χ3v) is 3.30. The second-order valence-electron chi connectivity index (χ2n) is 4.35. The van der Waals surface area contributed by atoms with Crippen molar-refractivity contribution in [3.63, 3.8) is 0 Å². The molecule has 1 atom stereocenters. The number of hydrogen-bond donors (Lipinski definition) is 1. The maximum atomic E-state index is 14.0. The summed E-state index contributed by atoms with van der Waals surface area (Å²) in [6.45, 7) is 1.89. The average molecular weight is 298 g/mol. The van der Waals surface area contributed by atoms with Gasteiger partial charge in [-0.15, -0.1) is 0 Å². The molecule has 0 saturated heterocycles. The number of ether oxygens (including phenoxy) is 1. The molecule has 1 N–H and O–H groups in total. The van der Waals surface area contributed by atoms with E-state index in [9.17, 15) is 8.78 Å². The molecule has 1 unspecified atom stereocenters. The minimum Gasteiger partial charge on any atom is -0.454 e. The fraction of sp³-hybridized carbons (Fsp3) is 0.200. The van der Waals surface area contributed by atoms with Crippen molar-refractivity contribution < 1.29 is 13.5 Å². The Morgan fingerprint density at radius 3 is 2.55 bits per heavy atom. The quantitative estimate of drug-likeness (QED) is 0.884. The molecule has 2 aromatic rings. The Labute approximate surface area is 121 Å². The van der Waals surface area contributed by atoms with Crippen LogP contribution in [-0.2, 0) is 0 Å². The van der Waals surface area contributed by atoms with Crippen LogP contribution in [0.4, 0.5) is 8.78 Å². The number of para-hydroxylation sites is 1. The van der Waals surface area contributed by atoms with E-state index in [0.29, 0.717) is 5.56 Å². The molecule has 0 spiro atoms. The summed E-state index contributed by atoms with van der Waals surface area (Å²) in [5.41, 5.74) is 0.674. The molecule has 0 aliphatic carbocycles. The van der Waals surface area contributed by atoms with Crippen LogP contribution in [0.25, 0.3) is 0 Å². The molecule has 5 heteroatoms. The van der Waals surface area contributed by atoms with Gasteiger partial charge in [-0.05, 0) is 32.2 Å². The number of halogens is 3. The zero-order valence-electron chi connectivity index (χ0n) is 11.1. The molecule has 0 aliphatic rings. The van der Waals surface area contributed by atoms with Crippen LogP contribution in [0, 0.1) is 11.6 Å². The Morgan fingerprint density at radius 2 is 1.90 bits per heavy atom. The van der Waals surface area contributed by atoms with E-state index in [2.05, 4.69) is 5.32 Å². The van der Waals surface area contributed by atoms with Crippen LogP contribution >= 0.6 is 11.6 Å². The highest BCUT2D eigenvalue weighted by Gasteiger charge is 2.15. The van der Waals surface area contributed by atoms with Crippen LogP contribution in [0.3, 0.4) is 0 Å². The lowest BCUT2D eigenvalue weighted by atomic mass is 10.1. The van der Waals surface area contributed by atoms with E-state index in [1.807, 2.05) is 6.92 Å². The van der Waals surface area contributed by atoms with Gasteiger partial charge in [-0.2, -0.15) is 0 Å². The van der Waals surface area contributed by atoms with E-state index in [0.717, 1.165) is 0 Å². The predicted molar refractivity (Wildman–Crippen MR) is 75.4 cm³/mol. The summed E-state index contributed by atoms with van der Waals surface area (Å²) in [5, 5.41) is 2.95. The number of rotatable bonds is 4. The van der Waals surface area contributed by atoms with Crippen molar-refractivity contribution in [2.24, 2.45) is 0 Å². The topological polar surface area (TPSA) is 21.3 Å². The van der Waals surface area contributed by atoms with Gasteiger partial charge in [0.2, 0.25) is 0 Å². The molecule has 2 aromatic carbocycles. The predicted octanol–water partition coefficient (Wildman–Crippen LogP) is 4.69. The van der Waals surface area contributed by atoms with E-state index in [1.165, 1.54) is 24.3 Å². The molecular weight excluding hydrogens is 284 g/mol. The SMILES string of the molecule is CNC(C)c1cccc(F)c1Oc1ccc(F)c(Cl)c1. The second-order valence-corrected chi connectivity index (χ2v) is 4.75. The maximum absolute atomic E-state index is 14.0. The first kappa shape index (κ1) is 14.8. The normalized spacial score (nSPS) is 12.2. The van der Waals surface area contributed by atoms with E-state index in [-0.39, 0.29) is 22.6 Å². The number of nitrogens with one attached hydrogen (secondary N) is 1. The van der Waals surface area contributed by atoms with Crippen LogP contribution in [0.1, 0.15) is 18.5 Å². The molecule has 106 valence electrons. The molecule has 2 nitrogen and oxygen atoms in total. The van der Waals surface area contributed by atoms with Crippen molar-refractivity contribution in [3.05, 3.63) is 58.6 Å². The van der Waals surface area contributed by atoms with E-state index in [4.69, 9.17) is 16.3 Å². The van der Waals surface area contributed by atoms with Crippen molar-refractivity contribution in [3.8, 4) is 11.5 Å². The second kappa shape index (κ2) is 6.20. The van der Waals surface area contributed by atoms with Gasteiger partial charge in [-0.1, -0.05) is 23.7 Å². The first-order valence-corrected chi connectivity index (χ1v) is 6.49. The average Bonchev–Trinajstić information content (AvgIpc) is 2.44. The molecule has 2 rings (SSSR count). The van der Waals surface area contributed by atoms with Gasteiger partial charge in [0.15, 0.2) is 11.6 Å². The summed E-state index contributed by atoms with van der Waals surface area (Å²) in [5.74, 6) is -0.635. The molecular formula is C15H14ClF2NO. The molecule has 0 aromatic heterocycles. The highest BCUT2D eigenvalue weighted by Crippen LogP contribution is 2.33. The number of benzene rings is 2. The number of hydrogen-bond acceptors (Lipinski definition) is 2. The van der Waals surface area contributed by atoms with Crippen molar-refractivity contribution in [2.45, 2.75) is 13.0 Å². The highest BCUT2D eigenvalue weighted by molar-refractivity contribution is 6.30. The fourth-order valence-electron chi connectivity index (χ4n) is 1.79. The van der Waals surface area contributed by atoms with Crippen LogP contribution in [-0.4, -0.2) is 7.05 Å². The van der Waals surface area contributed by atoms with Gasteiger partial charge >= 0.3 is 0 Å². The van der Waals surface area contributed by atoms with Gasteiger partial charge in [0.05, 0.1) is 5.02 Å². The lowest BCUT2D eigenvalue weighted by molar-refractivity contribution is 0.427. The monoisotopic (exact) mass is 297 g/mol. The summed E-state index contributed by atoms with van der Waals surface area (Å²) in [6, 6.07) is 8.51. The van der Waals surface area contributed by atoms with Crippen LogP contribution in [0.5, 0.6) is 11.5 Å². The Balaban J connectivity index is 2.39. The Bertz CT molecular complexity index is 619. The van der Waals surface area contributed by atoms with Gasteiger partial charge in [0, 0.05) is 17.7 Å². The Morgan fingerprint density at radius 1 is 1.15 bits per heavy atom. The summed E-state index contributed by atoms with van der Waals surface area (Å²) in [4.78, 5) is 0. The maximum Gasteiger partial charge on any atom is 0.167 e. The smallest absolute Gasteiger partial charge is 0.167 e. The molecule has 0 radical (unpaired) electrons. The van der Waals surface area contributed by atoms with E-state index < -0.39 is 11.6 Å². The lowest BCUT2D eigenvalue weighted by Crippen LogP contribution is -2.13. The van der Waals surface area contributed by atoms with Gasteiger partial charge in [0.1, 0.15) is 11.6 Å². The molecule has 20 heavy (non-hydrogen) atoms. The fourth-order valence-corrected chi connectivity index (χ4v) is 1.96. The van der Waals surface area contributed by atoms with E-state index >= 15 is 0 Å². The standard InChI is InChI=1S/C15H14ClF2NO/c1-9(19-2)11-4-3-5-14(18)15(11)20-10-6-7-13(17)12(16)8-10/h3-9,19H,1-2H3. The van der Waals surface area contributed by atoms with Gasteiger partial charge in [-0.3, -0.25) is 0 Å². The van der Waals surface area contributed by atoms with E-state index in [1.54, 1.807) is 19.2 Å². The van der Waals surface area contributed by atoms with Crippen molar-refractivity contribution in [1.82, 2.24) is 5.32 Å². The molecule has 0 bridgehead atoms. The Kier molecular flexibility index (Phi) is 4.57. The van der Waals surface area contributed by atoms with Gasteiger partial charge in [0.25, 0.3) is 0 Å². The zero-order chi connectivity index (χ0) is 14.7. The molecule has 0 aliphatic heterocycles. The summed E-state index contributed by atoms with van der Waals surface area (Å²) < 4.78 is 32.6. The first-order valence-electron chi connectivity index (χ1n) is 6.11. The van der Waals surface area contributed by atoms with Crippen molar-refractivity contribution in [2.75, 3.05) is 7.05 Å². The van der Waals surface area contributed by atoms with Crippen LogP contribution in [0.15, 0.2) is 36.4 Å². The van der Waals surface area contributed by atoms with Gasteiger partial charge < -0.3 is 10.1 Å². The summed E-state index contributed by atoms with van der Waals surface area (Å²) in [7, 11) is 1.77. The summed E-state index contributed by atoms with van der Waals surface area (Å²) in [6.07, 6.45) is 0. The molecule has 0 fully saturated rings. The Hall–Kier alpha value is -1.65. The minimum atomic E-state index is -0.545. The first-order chi connectivity index (χ1) is 9.52. The summed E-state index contributed by atoms with van der Waals surface area (Å²) >= 11 is 5.69. The minimum absolute atomic E-state index is 0.0675. The molecule has 0 amide bonds. The highest BCUT2D eigenvalue weighted by atomic mass is 35.5. The molecule has 0 heterocycles. The third-order valence-electron chi connectivity index (χ3n) is 3.01. The largest absolute Gasteiger partial charge is 0.454 e. The molecule has 0 saturated carbocycles.